The SMILES string of the molecule is CC(C)OB1OC(C)(C)C(C)(C)O1.COc1nc(Cl)ccc1Br.COc1nc(N2CCOCC2)ccc1B1OC(C)(C)C(C)(C)O1.COc1nc(N2CCOCC2)ccc1Br. The van der Waals surface area contributed by atoms with E-state index in [1.54, 1.807) is 33.5 Å². The number of hydrogen-bond donors (Lipinski definition) is 0. The van der Waals surface area contributed by atoms with E-state index in [1.807, 2.05) is 93.5 Å². The smallest absolute Gasteiger partial charge is 0.481 e. The van der Waals surface area contributed by atoms with Crippen molar-refractivity contribution < 1.29 is 47.0 Å². The monoisotopic (exact) mass is 999 g/mol. The summed E-state index contributed by atoms with van der Waals surface area (Å²) in [5, 5.41) is 0.431. The molecule has 7 heterocycles. The van der Waals surface area contributed by atoms with Gasteiger partial charge in [0, 0.05) is 37.7 Å². The fourth-order valence-electron chi connectivity index (χ4n) is 5.86. The topological polar surface area (TPSA) is 137 Å². The predicted octanol–water partition coefficient (Wildman–Crippen LogP) is 7.42. The van der Waals surface area contributed by atoms with E-state index in [-0.39, 0.29) is 28.5 Å². The van der Waals surface area contributed by atoms with Gasteiger partial charge in [0.1, 0.15) is 16.8 Å². The van der Waals surface area contributed by atoms with Gasteiger partial charge >= 0.3 is 14.4 Å². The second-order valence-corrected chi connectivity index (χ2v) is 18.7. The van der Waals surface area contributed by atoms with Gasteiger partial charge in [0.25, 0.3) is 0 Å². The minimum Gasteiger partial charge on any atom is -0.481 e. The largest absolute Gasteiger partial charge is 0.640 e. The molecular weight excluding hydrogens is 939 g/mol. The molecule has 61 heavy (non-hydrogen) atoms. The lowest BCUT2D eigenvalue weighted by molar-refractivity contribution is 0.00578. The van der Waals surface area contributed by atoms with E-state index >= 15 is 0 Å². The fourth-order valence-corrected chi connectivity index (χ4v) is 6.76. The molecule has 0 atom stereocenters. The quantitative estimate of drug-likeness (QED) is 0.163. The highest BCUT2D eigenvalue weighted by Crippen LogP contribution is 2.38. The summed E-state index contributed by atoms with van der Waals surface area (Å²) in [6.07, 6.45) is 0.120. The summed E-state index contributed by atoms with van der Waals surface area (Å²) < 4.78 is 56.8. The van der Waals surface area contributed by atoms with Crippen molar-refractivity contribution >= 4 is 75.0 Å². The van der Waals surface area contributed by atoms with Crippen molar-refractivity contribution in [1.29, 1.82) is 0 Å². The predicted molar refractivity (Wildman–Crippen MR) is 247 cm³/mol. The van der Waals surface area contributed by atoms with E-state index < -0.39 is 14.4 Å². The Morgan fingerprint density at radius 2 is 0.984 bits per heavy atom. The Hall–Kier alpha value is -2.45. The maximum atomic E-state index is 6.10. The van der Waals surface area contributed by atoms with Crippen LogP contribution in [0.3, 0.4) is 0 Å². The number of rotatable bonds is 8. The maximum absolute atomic E-state index is 6.10. The third-order valence-electron chi connectivity index (χ3n) is 10.8. The molecule has 4 fully saturated rings. The molecule has 3 aromatic heterocycles. The molecule has 338 valence electrons. The van der Waals surface area contributed by atoms with Crippen molar-refractivity contribution in [3.05, 3.63) is 50.5 Å². The van der Waals surface area contributed by atoms with Crippen LogP contribution in [0.1, 0.15) is 69.2 Å². The van der Waals surface area contributed by atoms with Gasteiger partial charge in [-0.05, 0) is 131 Å². The first-order valence-corrected chi connectivity index (χ1v) is 22.2. The molecule has 7 rings (SSSR count). The highest BCUT2D eigenvalue weighted by atomic mass is 79.9. The minimum absolute atomic E-state index is 0.120. The average Bonchev–Trinajstić information content (AvgIpc) is 3.57. The van der Waals surface area contributed by atoms with Crippen LogP contribution in [0.25, 0.3) is 0 Å². The van der Waals surface area contributed by atoms with E-state index in [2.05, 4.69) is 56.6 Å². The number of ether oxygens (including phenoxy) is 5. The van der Waals surface area contributed by atoms with Crippen LogP contribution in [0.2, 0.25) is 5.15 Å². The van der Waals surface area contributed by atoms with Gasteiger partial charge in [0.2, 0.25) is 17.6 Å². The number of pyridine rings is 3. The Morgan fingerprint density at radius 1 is 0.590 bits per heavy atom. The van der Waals surface area contributed by atoms with Gasteiger partial charge in [0.15, 0.2) is 0 Å². The summed E-state index contributed by atoms with van der Waals surface area (Å²) in [6.45, 7) is 26.5. The number of methoxy groups -OCH3 is 3. The molecule has 4 saturated heterocycles. The summed E-state index contributed by atoms with van der Waals surface area (Å²) in [6, 6.07) is 11.4. The zero-order valence-corrected chi connectivity index (χ0v) is 41.7. The number of hydrogen-bond acceptors (Lipinski definition) is 15. The van der Waals surface area contributed by atoms with Crippen LogP contribution < -0.4 is 29.5 Å². The molecule has 0 saturated carbocycles. The molecule has 4 aliphatic rings. The third-order valence-corrected chi connectivity index (χ3v) is 12.2. The Labute approximate surface area is 384 Å². The summed E-state index contributed by atoms with van der Waals surface area (Å²) in [4.78, 5) is 17.3. The number of nitrogens with zero attached hydrogens (tertiary/aromatic N) is 5. The van der Waals surface area contributed by atoms with E-state index in [0.717, 1.165) is 78.7 Å². The molecule has 4 aliphatic heterocycles. The zero-order chi connectivity index (χ0) is 45.2. The Bertz CT molecular complexity index is 1820. The van der Waals surface area contributed by atoms with Gasteiger partial charge in [-0.15, -0.1) is 0 Å². The van der Waals surface area contributed by atoms with Gasteiger partial charge in [-0.2, -0.15) is 9.97 Å². The molecule has 20 heteroatoms. The second kappa shape index (κ2) is 22.4. The lowest BCUT2D eigenvalue weighted by Gasteiger charge is -2.32. The molecule has 3 aromatic rings. The average molecular weight is 1000 g/mol. The van der Waals surface area contributed by atoms with Crippen LogP contribution in [0.5, 0.6) is 17.6 Å². The van der Waals surface area contributed by atoms with Gasteiger partial charge < -0.3 is 56.8 Å². The molecule has 0 spiro atoms. The van der Waals surface area contributed by atoms with Crippen molar-refractivity contribution in [3.63, 3.8) is 0 Å². The van der Waals surface area contributed by atoms with Crippen LogP contribution in [-0.4, -0.2) is 132 Å². The number of halogens is 3. The van der Waals surface area contributed by atoms with Crippen molar-refractivity contribution in [2.75, 3.05) is 83.7 Å². The van der Waals surface area contributed by atoms with Crippen molar-refractivity contribution in [1.82, 2.24) is 15.0 Å². The van der Waals surface area contributed by atoms with E-state index in [4.69, 9.17) is 58.6 Å². The lowest BCUT2D eigenvalue weighted by atomic mass is 9.79. The Morgan fingerprint density at radius 3 is 1.41 bits per heavy atom. The van der Waals surface area contributed by atoms with Crippen LogP contribution >= 0.6 is 43.5 Å². The Balaban J connectivity index is 0.000000188. The van der Waals surface area contributed by atoms with Gasteiger partial charge in [-0.25, -0.2) is 4.98 Å². The first-order valence-electron chi connectivity index (χ1n) is 20.3. The Kier molecular flexibility index (Phi) is 18.8. The molecule has 0 N–H and O–H groups in total. The number of morpholine rings is 2. The first-order chi connectivity index (χ1) is 28.6. The van der Waals surface area contributed by atoms with E-state index in [9.17, 15) is 0 Å². The molecular formula is C41H62B2Br2ClN5O10. The molecule has 0 aliphatic carbocycles. The summed E-state index contributed by atoms with van der Waals surface area (Å²) >= 11 is 12.2. The van der Waals surface area contributed by atoms with Crippen molar-refractivity contribution in [2.45, 2.75) is 97.7 Å². The van der Waals surface area contributed by atoms with Crippen LogP contribution in [0.4, 0.5) is 11.6 Å². The highest BCUT2D eigenvalue weighted by Gasteiger charge is 2.54. The highest BCUT2D eigenvalue weighted by molar-refractivity contribution is 9.10. The van der Waals surface area contributed by atoms with E-state index in [1.165, 1.54) is 0 Å². The van der Waals surface area contributed by atoms with Crippen LogP contribution in [-0.2, 0) is 32.7 Å². The van der Waals surface area contributed by atoms with Gasteiger partial charge in [-0.3, -0.25) is 0 Å². The van der Waals surface area contributed by atoms with Gasteiger partial charge in [0.05, 0.1) is 79.1 Å². The normalized spacial score (nSPS) is 19.8. The lowest BCUT2D eigenvalue weighted by Crippen LogP contribution is -2.41. The summed E-state index contributed by atoms with van der Waals surface area (Å²) in [5.41, 5.74) is -0.542. The van der Waals surface area contributed by atoms with Crippen molar-refractivity contribution in [3.8, 4) is 17.6 Å². The molecule has 0 aromatic carbocycles. The van der Waals surface area contributed by atoms with Crippen LogP contribution in [0.15, 0.2) is 45.3 Å². The summed E-state index contributed by atoms with van der Waals surface area (Å²) in [7, 11) is 3.80. The molecule has 0 unspecified atom stereocenters. The number of aromatic nitrogens is 3. The zero-order valence-electron chi connectivity index (χ0n) is 37.8. The maximum Gasteiger partial charge on any atom is 0.640 e. The number of anilines is 2. The minimum atomic E-state index is -0.523. The molecule has 0 radical (unpaired) electrons. The van der Waals surface area contributed by atoms with Gasteiger partial charge in [-0.1, -0.05) is 17.7 Å². The van der Waals surface area contributed by atoms with E-state index in [0.29, 0.717) is 22.8 Å². The summed E-state index contributed by atoms with van der Waals surface area (Å²) in [5.74, 6) is 3.52. The first kappa shape index (κ1) is 51.2. The fraction of sp³-hybridized carbons (Fsp3) is 0.634. The molecule has 15 nitrogen and oxygen atoms in total. The second-order valence-electron chi connectivity index (χ2n) is 16.6. The van der Waals surface area contributed by atoms with Crippen LogP contribution in [0, 0.1) is 0 Å². The molecule has 0 bridgehead atoms. The standard InChI is InChI=1S/C16H25BN2O4.C10H13BrN2O2.C9H19BO3.C6H5BrClNO/c1-15(2)16(3,4)23-17(22-15)12-6-7-13(18-14(12)20-5)19-8-10-21-11-9-19;1-14-10-8(11)2-3-9(12-10)13-4-6-15-7-5-13;1-7(2)11-10-12-8(3,4)9(5,6)13-10;1-10-6-4(7)2-3-5(8)9-6/h6-7H,8-11H2,1-5H3;2-3H,4-7H2,1H3;7H,1-6H3;2-3H,1H3. The molecule has 0 amide bonds. The third kappa shape index (κ3) is 14.0. The van der Waals surface area contributed by atoms with Crippen molar-refractivity contribution in [2.24, 2.45) is 0 Å².